The number of nitrogens with one attached hydrogen (secondary N) is 1. The predicted molar refractivity (Wildman–Crippen MR) is 182 cm³/mol. The van der Waals surface area contributed by atoms with Crippen LogP contribution >= 0.6 is 22.9 Å². The second kappa shape index (κ2) is 12.4. The van der Waals surface area contributed by atoms with Gasteiger partial charge in [-0.15, -0.1) is 0 Å². The van der Waals surface area contributed by atoms with Crippen molar-refractivity contribution in [3.8, 4) is 5.69 Å². The zero-order valence-electron chi connectivity index (χ0n) is 25.9. The van der Waals surface area contributed by atoms with Crippen molar-refractivity contribution in [1.29, 1.82) is 0 Å². The van der Waals surface area contributed by atoms with Crippen LogP contribution in [0.5, 0.6) is 0 Å². The van der Waals surface area contributed by atoms with Gasteiger partial charge < -0.3 is 14.6 Å². The Hall–Kier alpha value is -4.99. The minimum atomic E-state index is -0.712. The number of carbonyl (C=O) groups excluding carboxylic acids is 2. The molecule has 3 aromatic carbocycles. The summed E-state index contributed by atoms with van der Waals surface area (Å²) in [5.41, 5.74) is 6.87. The van der Waals surface area contributed by atoms with Gasteiger partial charge in [-0.3, -0.25) is 14.2 Å². The van der Waals surface area contributed by atoms with E-state index < -0.39 is 12.0 Å². The molecular formula is C36H31ClN4O4S. The zero-order chi connectivity index (χ0) is 32.7. The molecule has 0 fully saturated rings. The monoisotopic (exact) mass is 650 g/mol. The van der Waals surface area contributed by atoms with Gasteiger partial charge in [-0.05, 0) is 92.9 Å². The fourth-order valence-electron chi connectivity index (χ4n) is 5.93. The van der Waals surface area contributed by atoms with Gasteiger partial charge in [0.2, 0.25) is 0 Å². The molecule has 0 spiro atoms. The molecule has 1 aliphatic rings. The number of nitrogens with zero attached hydrogens (tertiary/aromatic N) is 3. The van der Waals surface area contributed by atoms with Crippen molar-refractivity contribution in [2.75, 3.05) is 12.4 Å². The third kappa shape index (κ3) is 5.52. The molecule has 232 valence electrons. The van der Waals surface area contributed by atoms with Gasteiger partial charge >= 0.3 is 5.97 Å². The Kier molecular flexibility index (Phi) is 8.37. The molecular weight excluding hydrogens is 620 g/mol. The molecule has 0 saturated carbocycles. The molecule has 0 unspecified atom stereocenters. The number of aryl methyl sites for hydroxylation is 1. The Bertz CT molecular complexity index is 2230. The summed E-state index contributed by atoms with van der Waals surface area (Å²) in [6.07, 6.45) is 1.87. The van der Waals surface area contributed by atoms with Gasteiger partial charge in [0.15, 0.2) is 4.80 Å². The fourth-order valence-corrected chi connectivity index (χ4v) is 7.10. The van der Waals surface area contributed by atoms with Gasteiger partial charge in [0.05, 0.1) is 34.5 Å². The van der Waals surface area contributed by atoms with Crippen LogP contribution in [0.2, 0.25) is 5.02 Å². The highest BCUT2D eigenvalue weighted by atomic mass is 35.5. The number of rotatable bonds is 6. The SMILES string of the molecule is COC(=O)c1cccc(-n2c(C)cc(/C=c3/sc4n(c3=O)[C@@H](c3ccc(Cl)cc3)C(C(=O)Nc3ccccc3)=C(C)N=4)c2C)c1C. The lowest BCUT2D eigenvalue weighted by atomic mass is 9.95. The summed E-state index contributed by atoms with van der Waals surface area (Å²) in [4.78, 5) is 45.6. The maximum atomic E-state index is 14.2. The van der Waals surface area contributed by atoms with Gasteiger partial charge in [-0.2, -0.15) is 0 Å². The number of fused-ring (bicyclic) bond motifs is 1. The number of benzene rings is 3. The van der Waals surface area contributed by atoms with Crippen molar-refractivity contribution in [2.24, 2.45) is 4.99 Å². The zero-order valence-corrected chi connectivity index (χ0v) is 27.5. The average Bonchev–Trinajstić information content (AvgIpc) is 3.50. The summed E-state index contributed by atoms with van der Waals surface area (Å²) in [6.45, 7) is 7.64. The molecule has 8 nitrogen and oxygen atoms in total. The second-order valence-electron chi connectivity index (χ2n) is 11.1. The normalized spacial score (nSPS) is 14.6. The van der Waals surface area contributed by atoms with E-state index in [0.29, 0.717) is 36.9 Å². The highest BCUT2D eigenvalue weighted by Gasteiger charge is 2.32. The number of methoxy groups -OCH3 is 1. The minimum absolute atomic E-state index is 0.255. The molecule has 1 atom stereocenters. The number of aromatic nitrogens is 2. The van der Waals surface area contributed by atoms with Crippen molar-refractivity contribution in [2.45, 2.75) is 33.7 Å². The summed E-state index contributed by atoms with van der Waals surface area (Å²) in [6, 6.07) is 23.2. The molecule has 2 aromatic heterocycles. The van der Waals surface area contributed by atoms with E-state index in [-0.39, 0.29) is 11.5 Å². The van der Waals surface area contributed by atoms with Gasteiger partial charge in [0.1, 0.15) is 0 Å². The molecule has 3 heterocycles. The standard InChI is InChI=1S/C36H31ClN4O4S/c1-20-18-25(23(4)40(20)29-13-9-12-28(21(29)2)35(44)45-5)19-30-34(43)41-32(24-14-16-26(37)17-15-24)31(22(3)38-36(41)46-30)33(42)39-27-10-7-6-8-11-27/h6-19,32H,1-5H3,(H,39,42)/b30-19+/t32-/m0/s1. The highest BCUT2D eigenvalue weighted by Crippen LogP contribution is 2.32. The van der Waals surface area contributed by atoms with E-state index in [0.717, 1.165) is 33.8 Å². The van der Waals surface area contributed by atoms with Crippen LogP contribution in [0.3, 0.4) is 0 Å². The lowest BCUT2D eigenvalue weighted by Crippen LogP contribution is -2.40. The molecule has 10 heteroatoms. The number of ether oxygens (including phenoxy) is 1. The number of anilines is 1. The van der Waals surface area contributed by atoms with Crippen LogP contribution < -0.4 is 20.2 Å². The van der Waals surface area contributed by atoms with Crippen LogP contribution in [0.4, 0.5) is 5.69 Å². The highest BCUT2D eigenvalue weighted by molar-refractivity contribution is 7.07. The quantitative estimate of drug-likeness (QED) is 0.227. The first-order valence-corrected chi connectivity index (χ1v) is 15.8. The smallest absolute Gasteiger partial charge is 0.338 e. The predicted octanol–water partition coefficient (Wildman–Crippen LogP) is 6.03. The Morgan fingerprint density at radius 3 is 2.39 bits per heavy atom. The van der Waals surface area contributed by atoms with E-state index >= 15 is 0 Å². The number of carbonyl (C=O) groups is 2. The molecule has 0 aliphatic carbocycles. The molecule has 1 amide bonds. The Morgan fingerprint density at radius 1 is 0.978 bits per heavy atom. The molecule has 0 radical (unpaired) electrons. The number of halogens is 1. The Labute approximate surface area is 274 Å². The van der Waals surface area contributed by atoms with Crippen LogP contribution in [0.25, 0.3) is 11.8 Å². The second-order valence-corrected chi connectivity index (χ2v) is 12.5. The number of esters is 1. The lowest BCUT2D eigenvalue weighted by Gasteiger charge is -2.25. The van der Waals surface area contributed by atoms with Crippen molar-refractivity contribution < 1.29 is 14.3 Å². The van der Waals surface area contributed by atoms with Crippen molar-refractivity contribution in [1.82, 2.24) is 9.13 Å². The first-order valence-electron chi connectivity index (χ1n) is 14.6. The van der Waals surface area contributed by atoms with Crippen molar-refractivity contribution in [3.05, 3.63) is 148 Å². The molecule has 0 saturated heterocycles. The van der Waals surface area contributed by atoms with E-state index in [9.17, 15) is 14.4 Å². The number of thiazole rings is 1. The fraction of sp³-hybridized carbons (Fsp3) is 0.167. The summed E-state index contributed by atoms with van der Waals surface area (Å²) >= 11 is 7.50. The first kappa shape index (κ1) is 31.0. The van der Waals surface area contributed by atoms with Gasteiger partial charge in [0, 0.05) is 27.8 Å². The van der Waals surface area contributed by atoms with Crippen molar-refractivity contribution >= 4 is 46.6 Å². The summed E-state index contributed by atoms with van der Waals surface area (Å²) in [7, 11) is 1.37. The largest absolute Gasteiger partial charge is 0.465 e. The van der Waals surface area contributed by atoms with E-state index in [1.54, 1.807) is 29.7 Å². The number of allylic oxidation sites excluding steroid dienone is 1. The summed E-state index contributed by atoms with van der Waals surface area (Å²) in [5, 5.41) is 3.52. The third-order valence-electron chi connectivity index (χ3n) is 8.19. The molecule has 1 aliphatic heterocycles. The van der Waals surface area contributed by atoms with E-state index in [1.807, 2.05) is 87.5 Å². The van der Waals surface area contributed by atoms with E-state index in [1.165, 1.54) is 18.4 Å². The molecule has 46 heavy (non-hydrogen) atoms. The lowest BCUT2D eigenvalue weighted by molar-refractivity contribution is -0.113. The van der Waals surface area contributed by atoms with Crippen LogP contribution in [0.1, 0.15) is 51.4 Å². The van der Waals surface area contributed by atoms with Gasteiger partial charge in [-0.1, -0.05) is 59.3 Å². The average molecular weight is 651 g/mol. The van der Waals surface area contributed by atoms with Crippen LogP contribution in [-0.4, -0.2) is 28.1 Å². The molecule has 5 aromatic rings. The summed E-state index contributed by atoms with van der Waals surface area (Å²) < 4.78 is 9.12. The van der Waals surface area contributed by atoms with Gasteiger partial charge in [0.25, 0.3) is 11.5 Å². The first-order chi connectivity index (χ1) is 22.1. The van der Waals surface area contributed by atoms with Crippen LogP contribution in [0, 0.1) is 20.8 Å². The number of hydrogen-bond acceptors (Lipinski definition) is 6. The molecule has 0 bridgehead atoms. The van der Waals surface area contributed by atoms with E-state index in [2.05, 4.69) is 9.88 Å². The van der Waals surface area contributed by atoms with Crippen LogP contribution in [-0.2, 0) is 9.53 Å². The maximum absolute atomic E-state index is 14.2. The number of amides is 1. The third-order valence-corrected chi connectivity index (χ3v) is 9.43. The number of para-hydroxylation sites is 1. The maximum Gasteiger partial charge on any atom is 0.338 e. The van der Waals surface area contributed by atoms with E-state index in [4.69, 9.17) is 21.3 Å². The number of hydrogen-bond donors (Lipinski definition) is 1. The minimum Gasteiger partial charge on any atom is -0.465 e. The topological polar surface area (TPSA) is 94.7 Å². The molecule has 6 rings (SSSR count). The van der Waals surface area contributed by atoms with Crippen LogP contribution in [0.15, 0.2) is 99.9 Å². The Balaban J connectivity index is 1.48. The Morgan fingerprint density at radius 2 is 1.70 bits per heavy atom. The summed E-state index contributed by atoms with van der Waals surface area (Å²) in [5.74, 6) is -0.736. The van der Waals surface area contributed by atoms with Crippen molar-refractivity contribution in [3.63, 3.8) is 0 Å². The molecule has 1 N–H and O–H groups in total. The van der Waals surface area contributed by atoms with Gasteiger partial charge in [-0.25, -0.2) is 9.79 Å².